The predicted octanol–water partition coefficient (Wildman–Crippen LogP) is 4.43. The van der Waals surface area contributed by atoms with Gasteiger partial charge in [-0.2, -0.15) is 5.26 Å². The summed E-state index contributed by atoms with van der Waals surface area (Å²) in [6.45, 7) is 3.34. The molecular formula is C16H15BrN2OS. The molecule has 0 radical (unpaired) electrons. The minimum Gasteiger partial charge on any atom is -0.334 e. The van der Waals surface area contributed by atoms with Gasteiger partial charge in [-0.1, -0.05) is 19.1 Å². The van der Waals surface area contributed by atoms with Crippen molar-refractivity contribution in [3.8, 4) is 6.07 Å². The molecule has 0 saturated carbocycles. The van der Waals surface area contributed by atoms with E-state index in [9.17, 15) is 4.79 Å². The first-order chi connectivity index (χ1) is 10.1. The van der Waals surface area contributed by atoms with Crippen LogP contribution in [0.5, 0.6) is 0 Å². The van der Waals surface area contributed by atoms with Crippen molar-refractivity contribution in [2.75, 3.05) is 6.54 Å². The molecule has 0 unspecified atom stereocenters. The van der Waals surface area contributed by atoms with Crippen molar-refractivity contribution in [2.45, 2.75) is 19.9 Å². The van der Waals surface area contributed by atoms with Gasteiger partial charge in [-0.25, -0.2) is 0 Å². The summed E-state index contributed by atoms with van der Waals surface area (Å²) in [6.07, 6.45) is 0.911. The number of amides is 1. The number of benzene rings is 1. The molecular weight excluding hydrogens is 348 g/mol. The number of carbonyl (C=O) groups excluding carboxylic acids is 1. The number of hydrogen-bond acceptors (Lipinski definition) is 3. The highest BCUT2D eigenvalue weighted by atomic mass is 79.9. The van der Waals surface area contributed by atoms with Crippen LogP contribution in [0.1, 0.15) is 34.1 Å². The SMILES string of the molecule is CCCN(Cc1ccc(C#N)cc1)C(=O)c1ccc(Br)s1. The molecule has 2 rings (SSSR count). The first kappa shape index (κ1) is 15.7. The molecule has 0 saturated heterocycles. The predicted molar refractivity (Wildman–Crippen MR) is 88.2 cm³/mol. The van der Waals surface area contributed by atoms with E-state index in [2.05, 4.69) is 28.9 Å². The number of rotatable bonds is 5. The Morgan fingerprint density at radius 2 is 2.00 bits per heavy atom. The van der Waals surface area contributed by atoms with Crippen LogP contribution in [0.25, 0.3) is 0 Å². The molecule has 21 heavy (non-hydrogen) atoms. The lowest BCUT2D eigenvalue weighted by Gasteiger charge is -2.21. The first-order valence-corrected chi connectivity index (χ1v) is 8.28. The van der Waals surface area contributed by atoms with Gasteiger partial charge in [-0.15, -0.1) is 11.3 Å². The van der Waals surface area contributed by atoms with Gasteiger partial charge < -0.3 is 4.90 Å². The molecule has 0 aliphatic carbocycles. The topological polar surface area (TPSA) is 44.1 Å². The van der Waals surface area contributed by atoms with Gasteiger partial charge in [-0.3, -0.25) is 4.79 Å². The highest BCUT2D eigenvalue weighted by Crippen LogP contribution is 2.24. The van der Waals surface area contributed by atoms with Crippen molar-refractivity contribution in [1.82, 2.24) is 4.90 Å². The molecule has 2 aromatic rings. The van der Waals surface area contributed by atoms with Crippen LogP contribution in [0, 0.1) is 11.3 Å². The molecule has 1 heterocycles. The number of carbonyl (C=O) groups is 1. The second kappa shape index (κ2) is 7.39. The molecule has 0 aliphatic rings. The zero-order valence-corrected chi connectivity index (χ0v) is 14.1. The van der Waals surface area contributed by atoms with Crippen LogP contribution in [0.4, 0.5) is 0 Å². The third kappa shape index (κ3) is 4.16. The Morgan fingerprint density at radius 3 is 2.52 bits per heavy atom. The third-order valence-corrected chi connectivity index (χ3v) is 4.63. The lowest BCUT2D eigenvalue weighted by Crippen LogP contribution is -2.30. The van der Waals surface area contributed by atoms with Gasteiger partial charge >= 0.3 is 0 Å². The molecule has 0 fully saturated rings. The maximum atomic E-state index is 12.5. The van der Waals surface area contributed by atoms with E-state index in [-0.39, 0.29) is 5.91 Å². The number of halogens is 1. The molecule has 0 atom stereocenters. The molecule has 108 valence electrons. The molecule has 1 aromatic carbocycles. The highest BCUT2D eigenvalue weighted by molar-refractivity contribution is 9.11. The lowest BCUT2D eigenvalue weighted by molar-refractivity contribution is 0.0748. The van der Waals surface area contributed by atoms with Crippen molar-refractivity contribution in [3.05, 3.63) is 56.2 Å². The van der Waals surface area contributed by atoms with E-state index in [1.165, 1.54) is 11.3 Å². The number of nitriles is 1. The highest BCUT2D eigenvalue weighted by Gasteiger charge is 2.17. The van der Waals surface area contributed by atoms with Gasteiger partial charge in [0, 0.05) is 13.1 Å². The van der Waals surface area contributed by atoms with Crippen LogP contribution in [-0.2, 0) is 6.54 Å². The van der Waals surface area contributed by atoms with Crippen molar-refractivity contribution >= 4 is 33.2 Å². The van der Waals surface area contributed by atoms with E-state index in [4.69, 9.17) is 5.26 Å². The van der Waals surface area contributed by atoms with Crippen LogP contribution in [0.3, 0.4) is 0 Å². The van der Waals surface area contributed by atoms with E-state index >= 15 is 0 Å². The summed E-state index contributed by atoms with van der Waals surface area (Å²) in [6, 6.07) is 13.2. The van der Waals surface area contributed by atoms with E-state index in [0.29, 0.717) is 18.7 Å². The second-order valence-electron chi connectivity index (χ2n) is 4.64. The van der Waals surface area contributed by atoms with Crippen LogP contribution in [0.15, 0.2) is 40.2 Å². The fourth-order valence-electron chi connectivity index (χ4n) is 2.01. The Morgan fingerprint density at radius 1 is 1.29 bits per heavy atom. The van der Waals surface area contributed by atoms with Crippen LogP contribution in [0.2, 0.25) is 0 Å². The zero-order valence-electron chi connectivity index (χ0n) is 11.7. The average molecular weight is 363 g/mol. The Hall–Kier alpha value is -1.64. The average Bonchev–Trinajstić information content (AvgIpc) is 2.93. The number of hydrogen-bond donors (Lipinski definition) is 0. The van der Waals surface area contributed by atoms with Crippen LogP contribution in [-0.4, -0.2) is 17.4 Å². The minimum atomic E-state index is 0.0527. The van der Waals surface area contributed by atoms with Crippen molar-refractivity contribution in [3.63, 3.8) is 0 Å². The van der Waals surface area contributed by atoms with Crippen molar-refractivity contribution in [1.29, 1.82) is 5.26 Å². The van der Waals surface area contributed by atoms with Crippen molar-refractivity contribution in [2.24, 2.45) is 0 Å². The lowest BCUT2D eigenvalue weighted by atomic mass is 10.1. The number of thiophene rings is 1. The summed E-state index contributed by atoms with van der Waals surface area (Å²) >= 11 is 4.84. The van der Waals surface area contributed by atoms with Gasteiger partial charge in [0.25, 0.3) is 5.91 Å². The summed E-state index contributed by atoms with van der Waals surface area (Å²) in [4.78, 5) is 15.1. The molecule has 0 bridgehead atoms. The van der Waals surface area contributed by atoms with E-state index in [1.54, 1.807) is 12.1 Å². The Kier molecular flexibility index (Phi) is 5.54. The Balaban J connectivity index is 2.14. The molecule has 0 N–H and O–H groups in total. The van der Waals surface area contributed by atoms with E-state index in [0.717, 1.165) is 20.6 Å². The fourth-order valence-corrected chi connectivity index (χ4v) is 3.37. The second-order valence-corrected chi connectivity index (χ2v) is 7.10. The maximum absolute atomic E-state index is 12.5. The fraction of sp³-hybridized carbons (Fsp3) is 0.250. The Bertz CT molecular complexity index is 658. The van der Waals surface area contributed by atoms with E-state index in [1.807, 2.05) is 29.2 Å². The molecule has 5 heteroatoms. The van der Waals surface area contributed by atoms with E-state index < -0.39 is 0 Å². The summed E-state index contributed by atoms with van der Waals surface area (Å²) in [5.74, 6) is 0.0527. The molecule has 1 amide bonds. The quantitative estimate of drug-likeness (QED) is 0.789. The van der Waals surface area contributed by atoms with Gasteiger partial charge in [0.2, 0.25) is 0 Å². The maximum Gasteiger partial charge on any atom is 0.264 e. The molecule has 0 aliphatic heterocycles. The normalized spacial score (nSPS) is 10.1. The van der Waals surface area contributed by atoms with Crippen LogP contribution < -0.4 is 0 Å². The Labute approximate surface area is 136 Å². The summed E-state index contributed by atoms with van der Waals surface area (Å²) < 4.78 is 0.959. The van der Waals surface area contributed by atoms with Crippen LogP contribution >= 0.6 is 27.3 Å². The monoisotopic (exact) mass is 362 g/mol. The zero-order chi connectivity index (χ0) is 15.2. The largest absolute Gasteiger partial charge is 0.334 e. The van der Waals surface area contributed by atoms with Gasteiger partial charge in [0.05, 0.1) is 20.3 Å². The van der Waals surface area contributed by atoms with Gasteiger partial charge in [0.15, 0.2) is 0 Å². The summed E-state index contributed by atoms with van der Waals surface area (Å²) in [5, 5.41) is 8.82. The number of nitrogens with zero attached hydrogens (tertiary/aromatic N) is 2. The minimum absolute atomic E-state index is 0.0527. The van der Waals surface area contributed by atoms with Gasteiger partial charge in [0.1, 0.15) is 0 Å². The smallest absolute Gasteiger partial charge is 0.264 e. The third-order valence-electron chi connectivity index (χ3n) is 3.02. The summed E-state index contributed by atoms with van der Waals surface area (Å²) in [7, 11) is 0. The summed E-state index contributed by atoms with van der Waals surface area (Å²) in [5.41, 5.74) is 1.67. The van der Waals surface area contributed by atoms with Gasteiger partial charge in [-0.05, 0) is 52.2 Å². The first-order valence-electron chi connectivity index (χ1n) is 6.67. The molecule has 3 nitrogen and oxygen atoms in total. The van der Waals surface area contributed by atoms with Crippen molar-refractivity contribution < 1.29 is 4.79 Å². The molecule has 0 spiro atoms. The molecule has 1 aromatic heterocycles. The standard InChI is InChI=1S/C16H15BrN2OS/c1-2-9-19(16(20)14-7-8-15(17)21-14)11-13-5-3-12(10-18)4-6-13/h3-8H,2,9,11H2,1H3.